The fraction of sp³-hybridized carbons (Fsp3) is 0.533. The molecule has 0 aromatic heterocycles. The highest BCUT2D eigenvalue weighted by molar-refractivity contribution is 5.73. The van der Waals surface area contributed by atoms with Gasteiger partial charge in [0.25, 0.3) is 0 Å². The Morgan fingerprint density at radius 2 is 2.05 bits per heavy atom. The van der Waals surface area contributed by atoms with Gasteiger partial charge in [0, 0.05) is 12.6 Å². The molecule has 4 nitrogen and oxygen atoms in total. The molecule has 0 aliphatic carbocycles. The summed E-state index contributed by atoms with van der Waals surface area (Å²) >= 11 is 0. The second-order valence-corrected chi connectivity index (χ2v) is 5.27. The molecule has 1 N–H and O–H groups in total. The van der Waals surface area contributed by atoms with E-state index in [4.69, 9.17) is 9.84 Å². The quantitative estimate of drug-likeness (QED) is 0.906. The van der Waals surface area contributed by atoms with E-state index < -0.39 is 12.0 Å². The third kappa shape index (κ3) is 2.89. The standard InChI is InChI=1S/C15H21NO3/c1-10-8-13(9-16(10)11(2)15(17)18)12-4-6-14(19-3)7-5-12/h4-7,10-11,13H,8-9H2,1-3H3,(H,17,18)/t10-,11-,13+/m0/s1. The van der Waals surface area contributed by atoms with Gasteiger partial charge in [-0.1, -0.05) is 12.1 Å². The Labute approximate surface area is 114 Å². The molecular weight excluding hydrogens is 242 g/mol. The number of carboxylic acids is 1. The predicted octanol–water partition coefficient (Wildman–Crippen LogP) is 2.35. The van der Waals surface area contributed by atoms with Gasteiger partial charge in [0.2, 0.25) is 0 Å². The Bertz CT molecular complexity index is 443. The number of rotatable bonds is 4. The molecule has 1 aromatic rings. The van der Waals surface area contributed by atoms with Crippen molar-refractivity contribution in [1.82, 2.24) is 4.90 Å². The van der Waals surface area contributed by atoms with Crippen molar-refractivity contribution in [2.75, 3.05) is 13.7 Å². The van der Waals surface area contributed by atoms with E-state index in [9.17, 15) is 4.79 Å². The maximum Gasteiger partial charge on any atom is 0.320 e. The minimum atomic E-state index is -0.748. The summed E-state index contributed by atoms with van der Waals surface area (Å²) in [4.78, 5) is 13.2. The molecule has 0 unspecified atom stereocenters. The van der Waals surface area contributed by atoms with Crippen LogP contribution in [0.3, 0.4) is 0 Å². The van der Waals surface area contributed by atoms with Crippen LogP contribution in [0.15, 0.2) is 24.3 Å². The zero-order valence-electron chi connectivity index (χ0n) is 11.7. The molecule has 0 bridgehead atoms. The van der Waals surface area contributed by atoms with Crippen molar-refractivity contribution in [3.8, 4) is 5.75 Å². The molecule has 19 heavy (non-hydrogen) atoms. The first kappa shape index (κ1) is 13.9. The van der Waals surface area contributed by atoms with Crippen LogP contribution in [0.5, 0.6) is 5.75 Å². The highest BCUT2D eigenvalue weighted by Crippen LogP contribution is 2.33. The van der Waals surface area contributed by atoms with Crippen LogP contribution in [0.2, 0.25) is 0 Å². The SMILES string of the molecule is COc1ccc([C@@H]2C[C@H](C)N([C@@H](C)C(=O)O)C2)cc1. The van der Waals surface area contributed by atoms with Gasteiger partial charge in [-0.25, -0.2) is 0 Å². The molecule has 0 radical (unpaired) electrons. The summed E-state index contributed by atoms with van der Waals surface area (Å²) < 4.78 is 5.16. The van der Waals surface area contributed by atoms with Gasteiger partial charge in [-0.05, 0) is 43.9 Å². The molecule has 0 spiro atoms. The van der Waals surface area contributed by atoms with E-state index in [0.717, 1.165) is 18.7 Å². The third-order valence-corrected chi connectivity index (χ3v) is 4.07. The largest absolute Gasteiger partial charge is 0.497 e. The smallest absolute Gasteiger partial charge is 0.320 e. The monoisotopic (exact) mass is 263 g/mol. The van der Waals surface area contributed by atoms with Crippen LogP contribution >= 0.6 is 0 Å². The van der Waals surface area contributed by atoms with Crippen molar-refractivity contribution < 1.29 is 14.6 Å². The molecule has 0 saturated carbocycles. The summed E-state index contributed by atoms with van der Waals surface area (Å²) in [5, 5.41) is 9.13. The van der Waals surface area contributed by atoms with Crippen LogP contribution in [0, 0.1) is 0 Å². The van der Waals surface area contributed by atoms with Gasteiger partial charge in [-0.2, -0.15) is 0 Å². The Balaban J connectivity index is 2.09. The fourth-order valence-corrected chi connectivity index (χ4v) is 2.86. The van der Waals surface area contributed by atoms with Crippen molar-refractivity contribution in [3.05, 3.63) is 29.8 Å². The predicted molar refractivity (Wildman–Crippen MR) is 73.6 cm³/mol. The molecule has 104 valence electrons. The number of benzene rings is 1. The summed E-state index contributed by atoms with van der Waals surface area (Å²) in [7, 11) is 1.66. The maximum absolute atomic E-state index is 11.1. The van der Waals surface area contributed by atoms with Crippen LogP contribution in [0.4, 0.5) is 0 Å². The van der Waals surface area contributed by atoms with E-state index in [-0.39, 0.29) is 0 Å². The van der Waals surface area contributed by atoms with E-state index in [1.54, 1.807) is 14.0 Å². The van der Waals surface area contributed by atoms with Gasteiger partial charge >= 0.3 is 5.97 Å². The van der Waals surface area contributed by atoms with Gasteiger partial charge in [0.1, 0.15) is 11.8 Å². The van der Waals surface area contributed by atoms with E-state index in [1.807, 2.05) is 12.1 Å². The first-order valence-electron chi connectivity index (χ1n) is 6.65. The summed E-state index contributed by atoms with van der Waals surface area (Å²) in [5.41, 5.74) is 1.26. The number of methoxy groups -OCH3 is 1. The number of hydrogen-bond donors (Lipinski definition) is 1. The van der Waals surface area contributed by atoms with Crippen molar-refractivity contribution in [1.29, 1.82) is 0 Å². The molecule has 1 saturated heterocycles. The average molecular weight is 263 g/mol. The van der Waals surface area contributed by atoms with Crippen LogP contribution in [-0.4, -0.2) is 41.7 Å². The first-order valence-corrected chi connectivity index (χ1v) is 6.65. The van der Waals surface area contributed by atoms with Crippen LogP contribution in [-0.2, 0) is 4.79 Å². The summed E-state index contributed by atoms with van der Waals surface area (Å²) in [6.07, 6.45) is 1.00. The summed E-state index contributed by atoms with van der Waals surface area (Å²) in [6.45, 7) is 4.67. The van der Waals surface area contributed by atoms with Crippen molar-refractivity contribution in [3.63, 3.8) is 0 Å². The van der Waals surface area contributed by atoms with E-state index in [2.05, 4.69) is 24.0 Å². The van der Waals surface area contributed by atoms with Crippen molar-refractivity contribution in [2.45, 2.75) is 38.3 Å². The molecule has 1 aliphatic heterocycles. The molecule has 1 aromatic carbocycles. The molecule has 4 heteroatoms. The summed E-state index contributed by atoms with van der Waals surface area (Å²) in [5.74, 6) is 0.510. The molecular formula is C15H21NO3. The fourth-order valence-electron chi connectivity index (χ4n) is 2.86. The third-order valence-electron chi connectivity index (χ3n) is 4.07. The molecule has 1 fully saturated rings. The van der Waals surface area contributed by atoms with E-state index in [1.165, 1.54) is 5.56 Å². The van der Waals surface area contributed by atoms with Gasteiger partial charge in [-0.15, -0.1) is 0 Å². The highest BCUT2D eigenvalue weighted by Gasteiger charge is 2.35. The lowest BCUT2D eigenvalue weighted by molar-refractivity contribution is -0.142. The zero-order valence-corrected chi connectivity index (χ0v) is 11.7. The average Bonchev–Trinajstić information content (AvgIpc) is 2.80. The normalized spacial score (nSPS) is 25.2. The second-order valence-electron chi connectivity index (χ2n) is 5.27. The molecule has 0 amide bonds. The van der Waals surface area contributed by atoms with Gasteiger partial charge < -0.3 is 9.84 Å². The zero-order chi connectivity index (χ0) is 14.0. The lowest BCUT2D eigenvalue weighted by Crippen LogP contribution is -2.41. The van der Waals surface area contributed by atoms with Crippen LogP contribution in [0.25, 0.3) is 0 Å². The highest BCUT2D eigenvalue weighted by atomic mass is 16.5. The Morgan fingerprint density at radius 3 is 2.58 bits per heavy atom. The Hall–Kier alpha value is -1.55. The van der Waals surface area contributed by atoms with E-state index >= 15 is 0 Å². The minimum Gasteiger partial charge on any atom is -0.497 e. The lowest BCUT2D eigenvalue weighted by atomic mass is 9.97. The maximum atomic E-state index is 11.1. The van der Waals surface area contributed by atoms with Gasteiger partial charge in [0.05, 0.1) is 7.11 Å². The Morgan fingerprint density at radius 1 is 1.42 bits per heavy atom. The lowest BCUT2D eigenvalue weighted by Gasteiger charge is -2.25. The summed E-state index contributed by atoms with van der Waals surface area (Å²) in [6, 6.07) is 7.96. The number of ether oxygens (including phenoxy) is 1. The van der Waals surface area contributed by atoms with Gasteiger partial charge in [0.15, 0.2) is 0 Å². The molecule has 2 rings (SSSR count). The second kappa shape index (κ2) is 5.61. The molecule has 1 heterocycles. The number of aliphatic carboxylic acids is 1. The first-order chi connectivity index (χ1) is 9.02. The van der Waals surface area contributed by atoms with Crippen molar-refractivity contribution in [2.24, 2.45) is 0 Å². The van der Waals surface area contributed by atoms with E-state index in [0.29, 0.717) is 12.0 Å². The minimum absolute atomic E-state index is 0.304. The Kier molecular flexibility index (Phi) is 4.10. The topological polar surface area (TPSA) is 49.8 Å². The molecule has 3 atom stereocenters. The number of carboxylic acid groups (broad SMARTS) is 1. The van der Waals surface area contributed by atoms with Crippen molar-refractivity contribution >= 4 is 5.97 Å². The molecule has 1 aliphatic rings. The van der Waals surface area contributed by atoms with Crippen LogP contribution in [0.1, 0.15) is 31.7 Å². The van der Waals surface area contributed by atoms with Crippen LogP contribution < -0.4 is 4.74 Å². The number of carbonyl (C=O) groups is 1. The number of nitrogens with zero attached hydrogens (tertiary/aromatic N) is 1. The number of hydrogen-bond acceptors (Lipinski definition) is 3. The van der Waals surface area contributed by atoms with Gasteiger partial charge in [-0.3, -0.25) is 9.69 Å². The number of likely N-dealkylation sites (tertiary alicyclic amines) is 1.